The molecule has 0 unspecified atom stereocenters. The molecule has 0 aliphatic heterocycles. The summed E-state index contributed by atoms with van der Waals surface area (Å²) in [7, 11) is 3.63. The highest BCUT2D eigenvalue weighted by Gasteiger charge is 2.08. The number of hydrogen-bond acceptors (Lipinski definition) is 2. The summed E-state index contributed by atoms with van der Waals surface area (Å²) >= 11 is 3.43. The van der Waals surface area contributed by atoms with Crippen molar-refractivity contribution in [3.05, 3.63) is 35.2 Å². The van der Waals surface area contributed by atoms with Crippen LogP contribution in [0.1, 0.15) is 0 Å². The van der Waals surface area contributed by atoms with Gasteiger partial charge in [-0.3, -0.25) is 0 Å². The highest BCUT2D eigenvalue weighted by molar-refractivity contribution is 9.10. The van der Waals surface area contributed by atoms with Gasteiger partial charge in [0.05, 0.1) is 19.1 Å². The topological polar surface area (TPSA) is 27.1 Å². The zero-order valence-electron chi connectivity index (χ0n) is 8.57. The Morgan fingerprint density at radius 1 is 1.40 bits per heavy atom. The average Bonchev–Trinajstić information content (AvgIpc) is 2.59. The highest BCUT2D eigenvalue weighted by atomic mass is 79.9. The Morgan fingerprint density at radius 2 is 2.20 bits per heavy atom. The molecule has 0 aliphatic carbocycles. The van der Waals surface area contributed by atoms with Crippen molar-refractivity contribution in [3.8, 4) is 17.0 Å². The third kappa shape index (κ3) is 1.90. The minimum absolute atomic E-state index is 0.846. The number of nitrogens with zero attached hydrogens (tertiary/aromatic N) is 2. The number of methoxy groups -OCH3 is 1. The largest absolute Gasteiger partial charge is 0.497 e. The molecule has 2 aromatic rings. The van der Waals surface area contributed by atoms with Gasteiger partial charge in [-0.15, -0.1) is 0 Å². The van der Waals surface area contributed by atoms with Crippen molar-refractivity contribution in [2.45, 2.75) is 0 Å². The van der Waals surface area contributed by atoms with Gasteiger partial charge < -0.3 is 9.30 Å². The van der Waals surface area contributed by atoms with E-state index in [4.69, 9.17) is 4.74 Å². The molecule has 0 atom stereocenters. The third-order valence-corrected chi connectivity index (χ3v) is 2.82. The zero-order valence-corrected chi connectivity index (χ0v) is 10.2. The quantitative estimate of drug-likeness (QED) is 0.836. The SMILES string of the molecule is COc1cccc(-c2c(Br)ncn2C)c1. The first-order valence-corrected chi connectivity index (χ1v) is 5.33. The maximum atomic E-state index is 5.19. The molecule has 3 nitrogen and oxygen atoms in total. The van der Waals surface area contributed by atoms with Crippen molar-refractivity contribution in [2.24, 2.45) is 7.05 Å². The first-order chi connectivity index (χ1) is 7.22. The zero-order chi connectivity index (χ0) is 10.8. The molecule has 1 heterocycles. The number of aromatic nitrogens is 2. The van der Waals surface area contributed by atoms with E-state index in [1.807, 2.05) is 35.9 Å². The molecule has 0 saturated carbocycles. The summed E-state index contributed by atoms with van der Waals surface area (Å²) in [6.45, 7) is 0. The lowest BCUT2D eigenvalue weighted by atomic mass is 10.1. The van der Waals surface area contributed by atoms with Gasteiger partial charge in [0.1, 0.15) is 10.4 Å². The molecular weight excluding hydrogens is 256 g/mol. The number of hydrogen-bond donors (Lipinski definition) is 0. The fourth-order valence-corrected chi connectivity index (χ4v) is 2.09. The highest BCUT2D eigenvalue weighted by Crippen LogP contribution is 2.28. The van der Waals surface area contributed by atoms with Crippen LogP contribution in [0.2, 0.25) is 0 Å². The fourth-order valence-electron chi connectivity index (χ4n) is 1.49. The van der Waals surface area contributed by atoms with E-state index in [2.05, 4.69) is 20.9 Å². The fraction of sp³-hybridized carbons (Fsp3) is 0.182. The summed E-state index contributed by atoms with van der Waals surface area (Å²) in [4.78, 5) is 4.19. The van der Waals surface area contributed by atoms with Crippen LogP contribution in [0.25, 0.3) is 11.3 Å². The van der Waals surface area contributed by atoms with Crippen molar-refractivity contribution in [1.29, 1.82) is 0 Å². The second kappa shape index (κ2) is 4.06. The van der Waals surface area contributed by atoms with Gasteiger partial charge in [-0.25, -0.2) is 4.98 Å². The molecule has 0 aliphatic rings. The van der Waals surface area contributed by atoms with E-state index in [-0.39, 0.29) is 0 Å². The summed E-state index contributed by atoms with van der Waals surface area (Å²) < 4.78 is 8.00. The summed E-state index contributed by atoms with van der Waals surface area (Å²) in [5.41, 5.74) is 2.13. The second-order valence-corrected chi connectivity index (χ2v) is 3.98. The van der Waals surface area contributed by atoms with Crippen LogP contribution in [0.15, 0.2) is 35.2 Å². The molecule has 2 rings (SSSR count). The van der Waals surface area contributed by atoms with Crippen LogP contribution in [-0.4, -0.2) is 16.7 Å². The average molecular weight is 267 g/mol. The van der Waals surface area contributed by atoms with E-state index in [1.54, 1.807) is 13.4 Å². The first-order valence-electron chi connectivity index (χ1n) is 4.53. The van der Waals surface area contributed by atoms with E-state index in [0.29, 0.717) is 0 Å². The molecule has 0 spiro atoms. The number of halogens is 1. The van der Waals surface area contributed by atoms with Crippen LogP contribution >= 0.6 is 15.9 Å². The molecule has 4 heteroatoms. The number of aryl methyl sites for hydroxylation is 1. The molecule has 0 radical (unpaired) electrons. The smallest absolute Gasteiger partial charge is 0.132 e. The Balaban J connectivity index is 2.53. The Kier molecular flexibility index (Phi) is 2.77. The summed E-state index contributed by atoms with van der Waals surface area (Å²) in [6, 6.07) is 7.91. The molecule has 1 aromatic heterocycles. The normalized spacial score (nSPS) is 10.3. The molecule has 0 N–H and O–H groups in total. The third-order valence-electron chi connectivity index (χ3n) is 2.24. The Morgan fingerprint density at radius 3 is 2.80 bits per heavy atom. The van der Waals surface area contributed by atoms with Crippen LogP contribution in [-0.2, 0) is 7.05 Å². The van der Waals surface area contributed by atoms with Gasteiger partial charge in [-0.2, -0.15) is 0 Å². The van der Waals surface area contributed by atoms with E-state index in [1.165, 1.54) is 0 Å². The molecule has 78 valence electrons. The van der Waals surface area contributed by atoms with Crippen molar-refractivity contribution < 1.29 is 4.74 Å². The van der Waals surface area contributed by atoms with Gasteiger partial charge in [0.25, 0.3) is 0 Å². The lowest BCUT2D eigenvalue weighted by Crippen LogP contribution is -1.90. The van der Waals surface area contributed by atoms with E-state index in [9.17, 15) is 0 Å². The van der Waals surface area contributed by atoms with E-state index in [0.717, 1.165) is 21.6 Å². The number of ether oxygens (including phenoxy) is 1. The lowest BCUT2D eigenvalue weighted by Gasteiger charge is -2.05. The van der Waals surface area contributed by atoms with Gasteiger partial charge >= 0.3 is 0 Å². The Bertz CT molecular complexity index is 460. The summed E-state index contributed by atoms with van der Waals surface area (Å²) in [5.74, 6) is 0.848. The standard InChI is InChI=1S/C11H11BrN2O/c1-14-7-13-11(12)10(14)8-4-3-5-9(6-8)15-2/h3-7H,1-2H3. The minimum atomic E-state index is 0.846. The second-order valence-electron chi connectivity index (χ2n) is 3.23. The van der Waals surface area contributed by atoms with E-state index < -0.39 is 0 Å². The van der Waals surface area contributed by atoms with E-state index >= 15 is 0 Å². The first kappa shape index (κ1) is 10.2. The Labute approximate surface area is 96.8 Å². The number of rotatable bonds is 2. The lowest BCUT2D eigenvalue weighted by molar-refractivity contribution is 0.415. The van der Waals surface area contributed by atoms with Gasteiger partial charge in [0.15, 0.2) is 0 Å². The predicted octanol–water partition coefficient (Wildman–Crippen LogP) is 2.86. The van der Waals surface area contributed by atoms with Gasteiger partial charge in [-0.1, -0.05) is 12.1 Å². The van der Waals surface area contributed by atoms with Crippen molar-refractivity contribution >= 4 is 15.9 Å². The maximum absolute atomic E-state index is 5.19. The molecule has 0 amide bonds. The molecule has 0 fully saturated rings. The summed E-state index contributed by atoms with van der Waals surface area (Å²) in [6.07, 6.45) is 1.78. The van der Waals surface area contributed by atoms with Crippen LogP contribution in [0, 0.1) is 0 Å². The van der Waals surface area contributed by atoms with Crippen molar-refractivity contribution in [1.82, 2.24) is 9.55 Å². The van der Waals surface area contributed by atoms with Crippen LogP contribution in [0.3, 0.4) is 0 Å². The van der Waals surface area contributed by atoms with Gasteiger partial charge in [-0.05, 0) is 28.1 Å². The van der Waals surface area contributed by atoms with Crippen molar-refractivity contribution in [2.75, 3.05) is 7.11 Å². The Hall–Kier alpha value is -1.29. The van der Waals surface area contributed by atoms with Crippen LogP contribution < -0.4 is 4.74 Å². The predicted molar refractivity (Wildman–Crippen MR) is 62.9 cm³/mol. The molecule has 1 aromatic carbocycles. The minimum Gasteiger partial charge on any atom is -0.497 e. The monoisotopic (exact) mass is 266 g/mol. The number of benzene rings is 1. The number of imidazole rings is 1. The maximum Gasteiger partial charge on any atom is 0.132 e. The van der Waals surface area contributed by atoms with Crippen LogP contribution in [0.4, 0.5) is 0 Å². The molecular formula is C11H11BrN2O. The molecule has 0 saturated heterocycles. The van der Waals surface area contributed by atoms with Crippen LogP contribution in [0.5, 0.6) is 5.75 Å². The van der Waals surface area contributed by atoms with Gasteiger partial charge in [0, 0.05) is 12.6 Å². The molecule has 15 heavy (non-hydrogen) atoms. The molecule has 0 bridgehead atoms. The van der Waals surface area contributed by atoms with Crippen molar-refractivity contribution in [3.63, 3.8) is 0 Å². The summed E-state index contributed by atoms with van der Waals surface area (Å²) in [5, 5.41) is 0. The van der Waals surface area contributed by atoms with Gasteiger partial charge in [0.2, 0.25) is 0 Å².